The number of ether oxygens (including phenoxy) is 3. The van der Waals surface area contributed by atoms with Crippen molar-refractivity contribution in [1.82, 2.24) is 4.90 Å². The van der Waals surface area contributed by atoms with Crippen LogP contribution < -0.4 is 18.4 Å². The highest BCUT2D eigenvalue weighted by molar-refractivity contribution is 8.18. The summed E-state index contributed by atoms with van der Waals surface area (Å²) in [6.07, 6.45) is 1.52. The standard InChI is InChI=1S/C26H22ClNO8S2/c1-33-19-8-10-21(11-9-19)38(31,32)36-22-12-3-17(15-23(22)34-2)16-24-25(29)28(26(30)37-24)13-14-35-20-6-4-18(27)5-7-20/h3-12,15-16H,13-14H2,1-2H3/b24-16-. The molecule has 1 heterocycles. The Kier molecular flexibility index (Phi) is 8.50. The molecule has 1 fully saturated rings. The van der Waals surface area contributed by atoms with E-state index in [-0.39, 0.29) is 34.5 Å². The summed E-state index contributed by atoms with van der Waals surface area (Å²) in [6, 6.07) is 17.0. The molecule has 0 aliphatic carbocycles. The minimum absolute atomic E-state index is 0.0343. The maximum atomic E-state index is 12.8. The van der Waals surface area contributed by atoms with E-state index in [0.29, 0.717) is 22.1 Å². The van der Waals surface area contributed by atoms with E-state index < -0.39 is 21.3 Å². The fraction of sp³-hybridized carbons (Fsp3) is 0.154. The van der Waals surface area contributed by atoms with Gasteiger partial charge in [0.25, 0.3) is 11.1 Å². The number of thioether (sulfide) groups is 1. The summed E-state index contributed by atoms with van der Waals surface area (Å²) in [4.78, 5) is 26.5. The Balaban J connectivity index is 1.44. The van der Waals surface area contributed by atoms with Crippen molar-refractivity contribution in [2.45, 2.75) is 4.90 Å². The van der Waals surface area contributed by atoms with Gasteiger partial charge in [0.1, 0.15) is 23.0 Å². The molecule has 0 radical (unpaired) electrons. The average Bonchev–Trinajstić information content (AvgIpc) is 3.17. The first-order valence-corrected chi connectivity index (χ1v) is 13.7. The van der Waals surface area contributed by atoms with Crippen molar-refractivity contribution in [1.29, 1.82) is 0 Å². The van der Waals surface area contributed by atoms with Crippen LogP contribution in [0.15, 0.2) is 76.5 Å². The van der Waals surface area contributed by atoms with Gasteiger partial charge in [-0.1, -0.05) is 17.7 Å². The maximum Gasteiger partial charge on any atom is 0.339 e. The maximum absolute atomic E-state index is 12.8. The molecule has 1 aliphatic rings. The van der Waals surface area contributed by atoms with Crippen LogP contribution in [0.4, 0.5) is 4.79 Å². The molecular formula is C26H22ClNO8S2. The van der Waals surface area contributed by atoms with Crippen LogP contribution in [0.3, 0.4) is 0 Å². The van der Waals surface area contributed by atoms with E-state index in [4.69, 9.17) is 30.0 Å². The van der Waals surface area contributed by atoms with Gasteiger partial charge in [0.15, 0.2) is 11.5 Å². The predicted molar refractivity (Wildman–Crippen MR) is 143 cm³/mol. The van der Waals surface area contributed by atoms with Crippen LogP contribution in [0.2, 0.25) is 5.02 Å². The third kappa shape index (κ3) is 6.42. The van der Waals surface area contributed by atoms with Gasteiger partial charge < -0.3 is 18.4 Å². The predicted octanol–water partition coefficient (Wildman–Crippen LogP) is 5.24. The second-order valence-electron chi connectivity index (χ2n) is 7.76. The Morgan fingerprint density at radius 3 is 2.24 bits per heavy atom. The number of rotatable bonds is 10. The highest BCUT2D eigenvalue weighted by Crippen LogP contribution is 2.35. The Labute approximate surface area is 229 Å². The lowest BCUT2D eigenvalue weighted by Gasteiger charge is -2.13. The van der Waals surface area contributed by atoms with Crippen LogP contribution in [0.5, 0.6) is 23.0 Å². The summed E-state index contributed by atoms with van der Waals surface area (Å²) < 4.78 is 46.6. The molecular weight excluding hydrogens is 554 g/mol. The number of nitrogens with zero attached hydrogens (tertiary/aromatic N) is 1. The third-order valence-electron chi connectivity index (χ3n) is 5.30. The van der Waals surface area contributed by atoms with Crippen LogP contribution in [0.25, 0.3) is 6.08 Å². The van der Waals surface area contributed by atoms with E-state index in [1.54, 1.807) is 30.3 Å². The highest BCUT2D eigenvalue weighted by Gasteiger charge is 2.35. The fourth-order valence-corrected chi connectivity index (χ4v) is 5.31. The van der Waals surface area contributed by atoms with Gasteiger partial charge in [-0.15, -0.1) is 0 Å². The Hall–Kier alpha value is -3.67. The van der Waals surface area contributed by atoms with Gasteiger partial charge >= 0.3 is 10.1 Å². The SMILES string of the molecule is COc1ccc(S(=O)(=O)Oc2ccc(/C=C3\SC(=O)N(CCOc4ccc(Cl)cc4)C3=O)cc2OC)cc1. The van der Waals surface area contributed by atoms with E-state index in [1.807, 2.05) is 0 Å². The smallest absolute Gasteiger partial charge is 0.339 e. The number of hydrogen-bond acceptors (Lipinski definition) is 9. The molecule has 198 valence electrons. The summed E-state index contributed by atoms with van der Waals surface area (Å²) in [5, 5.41) is 0.155. The van der Waals surface area contributed by atoms with Gasteiger partial charge in [-0.25, -0.2) is 0 Å². The zero-order valence-electron chi connectivity index (χ0n) is 20.3. The molecule has 12 heteroatoms. The lowest BCUT2D eigenvalue weighted by Crippen LogP contribution is -2.32. The highest BCUT2D eigenvalue weighted by atomic mass is 35.5. The molecule has 3 aromatic rings. The van der Waals surface area contributed by atoms with Crippen LogP contribution >= 0.6 is 23.4 Å². The zero-order valence-corrected chi connectivity index (χ0v) is 22.6. The molecule has 0 spiro atoms. The molecule has 0 atom stereocenters. The van der Waals surface area contributed by atoms with Gasteiger partial charge in [0.05, 0.1) is 25.7 Å². The minimum atomic E-state index is -4.14. The number of imide groups is 1. The third-order valence-corrected chi connectivity index (χ3v) is 7.71. The normalized spacial score (nSPS) is 14.6. The van der Waals surface area contributed by atoms with Crippen molar-refractivity contribution in [2.75, 3.05) is 27.4 Å². The molecule has 3 aromatic carbocycles. The molecule has 9 nitrogen and oxygen atoms in total. The number of amides is 2. The fourth-order valence-electron chi connectivity index (χ4n) is 3.38. The molecule has 1 aliphatic heterocycles. The summed E-state index contributed by atoms with van der Waals surface area (Å²) in [7, 11) is -1.30. The summed E-state index contributed by atoms with van der Waals surface area (Å²) in [5.74, 6) is 0.713. The number of benzene rings is 3. The molecule has 1 saturated heterocycles. The molecule has 0 N–H and O–H groups in total. The lowest BCUT2D eigenvalue weighted by atomic mass is 10.2. The number of methoxy groups -OCH3 is 2. The molecule has 0 aromatic heterocycles. The molecule has 38 heavy (non-hydrogen) atoms. The first kappa shape index (κ1) is 27.4. The minimum Gasteiger partial charge on any atom is -0.497 e. The van der Waals surface area contributed by atoms with E-state index in [1.165, 1.54) is 56.7 Å². The largest absolute Gasteiger partial charge is 0.497 e. The van der Waals surface area contributed by atoms with Crippen LogP contribution in [0.1, 0.15) is 5.56 Å². The zero-order chi connectivity index (χ0) is 27.3. The number of halogens is 1. The first-order valence-electron chi connectivity index (χ1n) is 11.1. The van der Waals surface area contributed by atoms with Gasteiger partial charge in [-0.2, -0.15) is 8.42 Å². The number of carbonyl (C=O) groups excluding carboxylic acids is 2. The van der Waals surface area contributed by atoms with Crippen molar-refractivity contribution in [2.24, 2.45) is 0 Å². The second-order valence-corrected chi connectivity index (χ2v) is 10.7. The monoisotopic (exact) mass is 575 g/mol. The first-order chi connectivity index (χ1) is 18.2. The van der Waals surface area contributed by atoms with Crippen molar-refractivity contribution in [3.63, 3.8) is 0 Å². The van der Waals surface area contributed by atoms with Crippen molar-refractivity contribution >= 4 is 50.7 Å². The van der Waals surface area contributed by atoms with Gasteiger partial charge in [0, 0.05) is 5.02 Å². The molecule has 0 saturated carbocycles. The molecule has 2 amide bonds. The van der Waals surface area contributed by atoms with Crippen molar-refractivity contribution in [3.8, 4) is 23.0 Å². The van der Waals surface area contributed by atoms with Gasteiger partial charge in [-0.05, 0) is 84.1 Å². The molecule has 0 unspecified atom stereocenters. The van der Waals surface area contributed by atoms with E-state index >= 15 is 0 Å². The van der Waals surface area contributed by atoms with E-state index in [2.05, 4.69) is 0 Å². The summed E-state index contributed by atoms with van der Waals surface area (Å²) in [5.41, 5.74) is 0.513. The summed E-state index contributed by atoms with van der Waals surface area (Å²) in [6.45, 7) is 0.194. The second kappa shape index (κ2) is 11.8. The Bertz CT molecular complexity index is 1470. The van der Waals surface area contributed by atoms with Crippen LogP contribution in [0, 0.1) is 0 Å². The Morgan fingerprint density at radius 2 is 1.58 bits per heavy atom. The summed E-state index contributed by atoms with van der Waals surface area (Å²) >= 11 is 6.65. The quantitative estimate of drug-likeness (QED) is 0.237. The lowest BCUT2D eigenvalue weighted by molar-refractivity contribution is -0.123. The number of carbonyl (C=O) groups is 2. The van der Waals surface area contributed by atoms with Crippen LogP contribution in [-0.4, -0.2) is 51.8 Å². The van der Waals surface area contributed by atoms with Gasteiger partial charge in [-0.3, -0.25) is 14.5 Å². The van der Waals surface area contributed by atoms with Crippen molar-refractivity contribution < 1.29 is 36.4 Å². The van der Waals surface area contributed by atoms with E-state index in [0.717, 1.165) is 16.7 Å². The average molecular weight is 576 g/mol. The molecule has 0 bridgehead atoms. The van der Waals surface area contributed by atoms with Crippen LogP contribution in [-0.2, 0) is 14.9 Å². The molecule has 4 rings (SSSR count). The van der Waals surface area contributed by atoms with E-state index in [9.17, 15) is 18.0 Å². The Morgan fingerprint density at radius 1 is 0.895 bits per heavy atom. The van der Waals surface area contributed by atoms with Crippen molar-refractivity contribution in [3.05, 3.63) is 82.2 Å². The van der Waals surface area contributed by atoms with Gasteiger partial charge in [0.2, 0.25) is 0 Å². The number of hydrogen-bond donors (Lipinski definition) is 0. The topological polar surface area (TPSA) is 108 Å².